The van der Waals surface area contributed by atoms with Gasteiger partial charge in [0, 0.05) is 19.6 Å². The van der Waals surface area contributed by atoms with Gasteiger partial charge in [-0.3, -0.25) is 4.79 Å². The number of carbonyl (C=O) groups excluding carboxylic acids is 1. The highest BCUT2D eigenvalue weighted by molar-refractivity contribution is 7.87. The van der Waals surface area contributed by atoms with Crippen molar-refractivity contribution in [1.29, 1.82) is 0 Å². The van der Waals surface area contributed by atoms with Crippen LogP contribution in [0.2, 0.25) is 0 Å². The van der Waals surface area contributed by atoms with Crippen LogP contribution in [0.5, 0.6) is 0 Å². The van der Waals surface area contributed by atoms with E-state index in [9.17, 15) is 13.2 Å². The summed E-state index contributed by atoms with van der Waals surface area (Å²) in [6.07, 6.45) is 1.67. The summed E-state index contributed by atoms with van der Waals surface area (Å²) in [7, 11) is 1.24. The molecule has 0 aliphatic carbocycles. The van der Waals surface area contributed by atoms with E-state index in [0.717, 1.165) is 30.2 Å². The SMILES string of the molecule is COC(=O)CCN(C)S(=O)(=O)NC1CCN(C)CC1. The molecule has 112 valence electrons. The van der Waals surface area contributed by atoms with Crippen LogP contribution in [0.25, 0.3) is 0 Å². The van der Waals surface area contributed by atoms with Gasteiger partial charge in [-0.25, -0.2) is 0 Å². The van der Waals surface area contributed by atoms with Crippen molar-refractivity contribution in [2.24, 2.45) is 0 Å². The first-order valence-corrected chi connectivity index (χ1v) is 7.78. The lowest BCUT2D eigenvalue weighted by atomic mass is 10.1. The Labute approximate surface area is 115 Å². The van der Waals surface area contributed by atoms with Gasteiger partial charge < -0.3 is 9.64 Å². The molecule has 1 aliphatic rings. The van der Waals surface area contributed by atoms with Crippen LogP contribution in [0.15, 0.2) is 0 Å². The molecular formula is C11H23N3O4S. The van der Waals surface area contributed by atoms with Crippen LogP contribution in [-0.4, -0.2) is 70.5 Å². The molecule has 0 radical (unpaired) electrons. The molecule has 1 rings (SSSR count). The lowest BCUT2D eigenvalue weighted by Gasteiger charge is -2.30. The van der Waals surface area contributed by atoms with E-state index >= 15 is 0 Å². The van der Waals surface area contributed by atoms with Gasteiger partial charge in [0.25, 0.3) is 10.2 Å². The normalized spacial score (nSPS) is 18.7. The second-order valence-electron chi connectivity index (χ2n) is 4.85. The van der Waals surface area contributed by atoms with Crippen LogP contribution in [0.4, 0.5) is 0 Å². The highest BCUT2D eigenvalue weighted by atomic mass is 32.2. The van der Waals surface area contributed by atoms with E-state index in [1.54, 1.807) is 0 Å². The number of carbonyl (C=O) groups is 1. The molecule has 0 bridgehead atoms. The molecule has 19 heavy (non-hydrogen) atoms. The van der Waals surface area contributed by atoms with Crippen molar-refractivity contribution in [2.45, 2.75) is 25.3 Å². The maximum absolute atomic E-state index is 12.0. The van der Waals surface area contributed by atoms with Crippen molar-refractivity contribution in [2.75, 3.05) is 40.8 Å². The molecule has 8 heteroatoms. The smallest absolute Gasteiger partial charge is 0.306 e. The minimum absolute atomic E-state index is 0.0261. The first-order valence-electron chi connectivity index (χ1n) is 6.34. The summed E-state index contributed by atoms with van der Waals surface area (Å²) in [4.78, 5) is 13.2. The number of likely N-dealkylation sites (tertiary alicyclic amines) is 1. The summed E-state index contributed by atoms with van der Waals surface area (Å²) in [5.41, 5.74) is 0. The Morgan fingerprint density at radius 1 is 1.42 bits per heavy atom. The average molecular weight is 293 g/mol. The third-order valence-electron chi connectivity index (χ3n) is 3.30. The van der Waals surface area contributed by atoms with Crippen molar-refractivity contribution >= 4 is 16.2 Å². The van der Waals surface area contributed by atoms with Gasteiger partial charge >= 0.3 is 5.97 Å². The van der Waals surface area contributed by atoms with Crippen LogP contribution in [0.1, 0.15) is 19.3 Å². The molecule has 1 aliphatic heterocycles. The molecule has 0 aromatic rings. The molecule has 1 fully saturated rings. The van der Waals surface area contributed by atoms with Crippen LogP contribution >= 0.6 is 0 Å². The molecule has 0 aromatic carbocycles. The standard InChI is InChI=1S/C11H23N3O4S/c1-13-7-4-10(5-8-13)12-19(16,17)14(2)9-6-11(15)18-3/h10,12H,4-9H2,1-3H3. The summed E-state index contributed by atoms with van der Waals surface area (Å²) >= 11 is 0. The topological polar surface area (TPSA) is 78.9 Å². The lowest BCUT2D eigenvalue weighted by molar-refractivity contribution is -0.140. The number of methoxy groups -OCH3 is 1. The van der Waals surface area contributed by atoms with Crippen LogP contribution < -0.4 is 4.72 Å². The number of esters is 1. The van der Waals surface area contributed by atoms with Crippen molar-refractivity contribution in [3.05, 3.63) is 0 Å². The van der Waals surface area contributed by atoms with Gasteiger partial charge in [-0.15, -0.1) is 0 Å². The maximum atomic E-state index is 12.0. The molecule has 0 aromatic heterocycles. The lowest BCUT2D eigenvalue weighted by Crippen LogP contribution is -2.48. The predicted octanol–water partition coefficient (Wildman–Crippen LogP) is -0.590. The zero-order valence-electron chi connectivity index (χ0n) is 11.8. The Morgan fingerprint density at radius 2 is 2.00 bits per heavy atom. The number of hydrogen-bond acceptors (Lipinski definition) is 5. The van der Waals surface area contributed by atoms with E-state index < -0.39 is 16.2 Å². The summed E-state index contributed by atoms with van der Waals surface area (Å²) < 4.78 is 32.4. The average Bonchev–Trinajstić information content (AvgIpc) is 2.37. The summed E-state index contributed by atoms with van der Waals surface area (Å²) in [6, 6.07) is -0.0261. The molecular weight excluding hydrogens is 270 g/mol. The molecule has 1 saturated heterocycles. The fourth-order valence-electron chi connectivity index (χ4n) is 1.90. The minimum atomic E-state index is -3.52. The highest BCUT2D eigenvalue weighted by Crippen LogP contribution is 2.10. The molecule has 0 amide bonds. The van der Waals surface area contributed by atoms with Gasteiger partial charge in [-0.05, 0) is 33.0 Å². The van der Waals surface area contributed by atoms with E-state index in [0.29, 0.717) is 0 Å². The van der Waals surface area contributed by atoms with E-state index in [4.69, 9.17) is 0 Å². The van der Waals surface area contributed by atoms with Crippen LogP contribution in [0, 0.1) is 0 Å². The van der Waals surface area contributed by atoms with Crippen molar-refractivity contribution in [3.8, 4) is 0 Å². The Kier molecular flexibility index (Phi) is 6.18. The van der Waals surface area contributed by atoms with Crippen molar-refractivity contribution in [1.82, 2.24) is 13.9 Å². The largest absolute Gasteiger partial charge is 0.469 e. The number of nitrogens with one attached hydrogen (secondary N) is 1. The summed E-state index contributed by atoms with van der Waals surface area (Å²) in [5, 5.41) is 0. The van der Waals surface area contributed by atoms with Crippen LogP contribution in [0.3, 0.4) is 0 Å². The molecule has 0 spiro atoms. The first kappa shape index (κ1) is 16.4. The third-order valence-corrected chi connectivity index (χ3v) is 4.94. The zero-order chi connectivity index (χ0) is 14.5. The Morgan fingerprint density at radius 3 is 2.53 bits per heavy atom. The molecule has 7 nitrogen and oxygen atoms in total. The molecule has 1 N–H and O–H groups in total. The second-order valence-corrected chi connectivity index (χ2v) is 6.66. The zero-order valence-corrected chi connectivity index (χ0v) is 12.6. The molecule has 0 unspecified atom stereocenters. The first-order chi connectivity index (χ1) is 8.85. The quantitative estimate of drug-likeness (QED) is 0.662. The Hall–Kier alpha value is -0.700. The molecule has 0 atom stereocenters. The van der Waals surface area contributed by atoms with Gasteiger partial charge in [0.2, 0.25) is 0 Å². The Bertz CT molecular complexity index is 391. The monoisotopic (exact) mass is 293 g/mol. The maximum Gasteiger partial charge on any atom is 0.306 e. The van der Waals surface area contributed by atoms with E-state index in [1.165, 1.54) is 14.2 Å². The van der Waals surface area contributed by atoms with Gasteiger partial charge in [-0.2, -0.15) is 17.4 Å². The van der Waals surface area contributed by atoms with E-state index in [1.807, 2.05) is 7.05 Å². The summed E-state index contributed by atoms with van der Waals surface area (Å²) in [6.45, 7) is 1.90. The fraction of sp³-hybridized carbons (Fsp3) is 0.909. The van der Waals surface area contributed by atoms with Crippen molar-refractivity contribution in [3.63, 3.8) is 0 Å². The second kappa shape index (κ2) is 7.18. The highest BCUT2D eigenvalue weighted by Gasteiger charge is 2.25. The van der Waals surface area contributed by atoms with Gasteiger partial charge in [0.1, 0.15) is 0 Å². The number of rotatable bonds is 6. The number of piperidine rings is 1. The Balaban J connectivity index is 2.44. The van der Waals surface area contributed by atoms with Gasteiger partial charge in [0.15, 0.2) is 0 Å². The third kappa shape index (κ3) is 5.43. The predicted molar refractivity (Wildman–Crippen MR) is 71.8 cm³/mol. The van der Waals surface area contributed by atoms with Crippen molar-refractivity contribution < 1.29 is 17.9 Å². The fourth-order valence-corrected chi connectivity index (χ4v) is 3.07. The number of ether oxygens (including phenoxy) is 1. The van der Waals surface area contributed by atoms with Gasteiger partial charge in [-0.1, -0.05) is 0 Å². The number of nitrogens with zero attached hydrogens (tertiary/aromatic N) is 2. The van der Waals surface area contributed by atoms with E-state index in [-0.39, 0.29) is 19.0 Å². The minimum Gasteiger partial charge on any atom is -0.469 e. The van der Waals surface area contributed by atoms with Crippen LogP contribution in [-0.2, 0) is 19.7 Å². The number of hydrogen-bond donors (Lipinski definition) is 1. The van der Waals surface area contributed by atoms with E-state index in [2.05, 4.69) is 14.4 Å². The molecule has 0 saturated carbocycles. The molecule has 1 heterocycles. The van der Waals surface area contributed by atoms with Gasteiger partial charge in [0.05, 0.1) is 13.5 Å². The summed E-state index contributed by atoms with van der Waals surface area (Å²) in [5.74, 6) is -0.415.